The van der Waals surface area contributed by atoms with Crippen LogP contribution >= 0.6 is 15.8 Å². The maximum Gasteiger partial charge on any atom is 2.00 e. The van der Waals surface area contributed by atoms with Crippen LogP contribution in [0.3, 0.4) is 0 Å². The zero-order valence-corrected chi connectivity index (χ0v) is 28.2. The number of hydrogen-bond donors (Lipinski definition) is 0. The van der Waals surface area contributed by atoms with E-state index in [2.05, 4.69) is 171 Å². The summed E-state index contributed by atoms with van der Waals surface area (Å²) in [4.78, 5) is 0. The van der Waals surface area contributed by atoms with E-state index in [0.717, 1.165) is 0 Å². The van der Waals surface area contributed by atoms with Gasteiger partial charge in [-0.2, -0.15) is 30.3 Å². The van der Waals surface area contributed by atoms with Gasteiger partial charge in [0.05, 0.1) is 0 Å². The summed E-state index contributed by atoms with van der Waals surface area (Å²) in [6.07, 6.45) is 0. The molecule has 0 saturated carbocycles. The molecule has 0 radical (unpaired) electrons. The smallest absolute Gasteiger partial charge is 0.214 e. The quantitative estimate of drug-likeness (QED) is 0.0868. The van der Waals surface area contributed by atoms with E-state index < -0.39 is 15.8 Å². The number of hydrogen-bond acceptors (Lipinski definition) is 0. The van der Waals surface area contributed by atoms with Gasteiger partial charge in [0.25, 0.3) is 0 Å². The Kier molecular flexibility index (Phi) is 11.9. The van der Waals surface area contributed by atoms with E-state index in [1.54, 1.807) is 0 Å². The minimum atomic E-state index is -0.701. The summed E-state index contributed by atoms with van der Waals surface area (Å²) in [6.45, 7) is 2.42. The average Bonchev–Trinajstić information content (AvgIpc) is 3.84. The van der Waals surface area contributed by atoms with Crippen molar-refractivity contribution < 1.29 is 17.1 Å². The van der Waals surface area contributed by atoms with Gasteiger partial charge >= 0.3 is 17.1 Å². The van der Waals surface area contributed by atoms with Gasteiger partial charge in [0.1, 0.15) is 0 Å². The molecule has 0 aliphatic carbocycles. The van der Waals surface area contributed by atoms with Crippen LogP contribution in [0.1, 0.15) is 18.1 Å². The third-order valence-electron chi connectivity index (χ3n) is 7.78. The van der Waals surface area contributed by atoms with Crippen molar-refractivity contribution in [2.45, 2.75) is 12.6 Å². The second-order valence-electron chi connectivity index (χ2n) is 10.6. The molecule has 0 N–H and O–H groups in total. The van der Waals surface area contributed by atoms with Gasteiger partial charge in [0.15, 0.2) is 0 Å². The Labute approximate surface area is 281 Å². The molecule has 0 aromatic heterocycles. The van der Waals surface area contributed by atoms with Gasteiger partial charge in [-0.1, -0.05) is 158 Å². The first kappa shape index (κ1) is 32.6. The molecule has 0 spiro atoms. The Morgan fingerprint density at radius 2 is 0.933 bits per heavy atom. The monoisotopic (exact) mass is 658 g/mol. The van der Waals surface area contributed by atoms with Crippen LogP contribution in [-0.2, 0) is 17.1 Å². The fraction of sp³-hybridized carbons (Fsp3) is 0.0476. The molecular formula is C42H36FeP2. The molecule has 7 rings (SSSR count). The molecule has 0 heterocycles. The molecule has 0 unspecified atom stereocenters. The molecule has 7 aromatic rings. The van der Waals surface area contributed by atoms with Crippen molar-refractivity contribution >= 4 is 42.4 Å². The summed E-state index contributed by atoms with van der Waals surface area (Å²) >= 11 is 0. The predicted octanol–water partition coefficient (Wildman–Crippen LogP) is 9.43. The van der Waals surface area contributed by atoms with Crippen molar-refractivity contribution in [3.05, 3.63) is 200 Å². The summed E-state index contributed by atoms with van der Waals surface area (Å²) in [7, 11) is -1.28. The van der Waals surface area contributed by atoms with Crippen molar-refractivity contribution in [3.8, 4) is 11.1 Å². The molecule has 0 aliphatic rings. The third kappa shape index (κ3) is 7.89. The van der Waals surface area contributed by atoms with Crippen LogP contribution in [0.15, 0.2) is 194 Å². The molecule has 7 aromatic carbocycles. The van der Waals surface area contributed by atoms with E-state index in [1.807, 2.05) is 30.3 Å². The topological polar surface area (TPSA) is 0 Å². The summed E-state index contributed by atoms with van der Waals surface area (Å²) in [6, 6.07) is 70.2. The molecule has 0 fully saturated rings. The van der Waals surface area contributed by atoms with Gasteiger partial charge in [-0.25, -0.2) is 12.1 Å². The molecule has 0 aliphatic heterocycles. The SMILES string of the molecule is C[C@@H]([c-]1cccc1-c1ccccc1P(c1ccccc1)c1ccccc1)P(c1ccccc1)c1ccccc1.[Fe+2].c1cc[cH-]c1. The molecule has 1 atom stereocenters. The first-order chi connectivity index (χ1) is 21.8. The van der Waals surface area contributed by atoms with Crippen molar-refractivity contribution in [2.75, 3.05) is 0 Å². The number of rotatable bonds is 8. The van der Waals surface area contributed by atoms with E-state index in [1.165, 1.54) is 43.2 Å². The van der Waals surface area contributed by atoms with Gasteiger partial charge < -0.3 is 0 Å². The fourth-order valence-electron chi connectivity index (χ4n) is 5.75. The van der Waals surface area contributed by atoms with E-state index in [9.17, 15) is 0 Å². The van der Waals surface area contributed by atoms with E-state index in [-0.39, 0.29) is 17.1 Å². The predicted molar refractivity (Wildman–Crippen MR) is 196 cm³/mol. The van der Waals surface area contributed by atoms with Gasteiger partial charge in [0.2, 0.25) is 0 Å². The first-order valence-electron chi connectivity index (χ1n) is 15.1. The van der Waals surface area contributed by atoms with E-state index in [4.69, 9.17) is 0 Å². The molecule has 0 amide bonds. The molecule has 3 heteroatoms. The van der Waals surface area contributed by atoms with Crippen LogP contribution in [0.5, 0.6) is 0 Å². The van der Waals surface area contributed by atoms with E-state index >= 15 is 0 Å². The largest absolute Gasteiger partial charge is 2.00 e. The summed E-state index contributed by atoms with van der Waals surface area (Å²) in [5.41, 5.74) is 4.50. The summed E-state index contributed by atoms with van der Waals surface area (Å²) in [5, 5.41) is 7.00. The molecule has 0 bridgehead atoms. The minimum Gasteiger partial charge on any atom is -0.214 e. The van der Waals surface area contributed by atoms with Crippen LogP contribution in [-0.4, -0.2) is 0 Å². The third-order valence-corrected chi connectivity index (χ3v) is 13.0. The zero-order valence-electron chi connectivity index (χ0n) is 25.3. The Morgan fingerprint density at radius 1 is 0.489 bits per heavy atom. The van der Waals surface area contributed by atoms with Gasteiger partial charge in [0, 0.05) is 0 Å². The van der Waals surface area contributed by atoms with E-state index in [0.29, 0.717) is 5.66 Å². The van der Waals surface area contributed by atoms with Gasteiger partial charge in [-0.15, -0.1) is 17.2 Å². The normalized spacial score (nSPS) is 11.4. The summed E-state index contributed by atoms with van der Waals surface area (Å²) < 4.78 is 0. The Morgan fingerprint density at radius 3 is 1.40 bits per heavy atom. The maximum atomic E-state index is 2.42. The second-order valence-corrected chi connectivity index (χ2v) is 15.3. The molecule has 222 valence electrons. The standard InChI is InChI=1S/C37H31P2.C5H5.Fe/c1-29(38(30-17-6-2-7-18-30)31-19-8-3-9-20-31)34-26-16-27-35(34)36-25-14-15-28-37(36)39(32-21-10-4-11-22-32)33-23-12-5-13-24-33;1-2-4-5-3-1;/h2-29H,1H3;1-5H;/q2*-1;+2/t29-;;/m0../s1. The first-order valence-corrected chi connectivity index (χ1v) is 17.9. The maximum absolute atomic E-state index is 2.42. The fourth-order valence-corrected chi connectivity index (χ4v) is 10.9. The van der Waals surface area contributed by atoms with Gasteiger partial charge in [-0.05, 0) is 48.0 Å². The van der Waals surface area contributed by atoms with Crippen LogP contribution in [0.2, 0.25) is 0 Å². The Balaban J connectivity index is 0.000000609. The Hall–Kier alpha value is -3.82. The number of benzene rings is 5. The van der Waals surface area contributed by atoms with Crippen molar-refractivity contribution in [2.24, 2.45) is 0 Å². The van der Waals surface area contributed by atoms with Crippen molar-refractivity contribution in [1.29, 1.82) is 0 Å². The van der Waals surface area contributed by atoms with Crippen molar-refractivity contribution in [1.82, 2.24) is 0 Å². The van der Waals surface area contributed by atoms with Crippen molar-refractivity contribution in [3.63, 3.8) is 0 Å². The second kappa shape index (κ2) is 16.5. The average molecular weight is 659 g/mol. The molecule has 0 saturated heterocycles. The van der Waals surface area contributed by atoms with Gasteiger partial charge in [-0.3, -0.25) is 0 Å². The zero-order chi connectivity index (χ0) is 30.0. The Bertz CT molecular complexity index is 1720. The van der Waals surface area contributed by atoms with Crippen LogP contribution < -0.4 is 26.5 Å². The molecule has 45 heavy (non-hydrogen) atoms. The molecular weight excluding hydrogens is 622 g/mol. The van der Waals surface area contributed by atoms with Crippen LogP contribution in [0.4, 0.5) is 0 Å². The minimum absolute atomic E-state index is 0. The summed E-state index contributed by atoms with van der Waals surface area (Å²) in [5.74, 6) is 0. The van der Waals surface area contributed by atoms with Crippen LogP contribution in [0.25, 0.3) is 11.1 Å². The van der Waals surface area contributed by atoms with Crippen LogP contribution in [0, 0.1) is 0 Å². The molecule has 0 nitrogen and oxygen atoms in total.